The second-order valence-electron chi connectivity index (χ2n) is 8.16. The van der Waals surface area contributed by atoms with Gasteiger partial charge in [0.2, 0.25) is 15.7 Å². The fourth-order valence-electron chi connectivity index (χ4n) is 4.56. The number of carbonyl (C=O) groups excluding carboxylic acids is 1. The maximum Gasteiger partial charge on any atom is 0.239 e. The van der Waals surface area contributed by atoms with Crippen molar-refractivity contribution in [3.05, 3.63) is 53.8 Å². The Morgan fingerprint density at radius 2 is 1.86 bits per heavy atom. The largest absolute Gasteiger partial charge is 0.375 e. The zero-order valence-corrected chi connectivity index (χ0v) is 17.1. The molecule has 0 saturated heterocycles. The van der Waals surface area contributed by atoms with E-state index in [1.54, 1.807) is 12.1 Å². The summed E-state index contributed by atoms with van der Waals surface area (Å²) in [6, 6.07) is 10.1. The van der Waals surface area contributed by atoms with Gasteiger partial charge in [-0.25, -0.2) is 12.8 Å². The van der Waals surface area contributed by atoms with Gasteiger partial charge in [0.15, 0.2) is 0 Å². The van der Waals surface area contributed by atoms with Gasteiger partial charge < -0.3 is 10.6 Å². The number of nitrogens with one attached hydrogen (secondary N) is 2. The molecule has 0 heterocycles. The molecule has 4 rings (SSSR count). The van der Waals surface area contributed by atoms with Crippen LogP contribution in [-0.4, -0.2) is 26.9 Å². The van der Waals surface area contributed by atoms with E-state index in [4.69, 9.17) is 0 Å². The Bertz CT molecular complexity index is 1020. The Labute approximate surface area is 170 Å². The first-order chi connectivity index (χ1) is 13.8. The summed E-state index contributed by atoms with van der Waals surface area (Å²) in [5, 5.41) is 5.95. The van der Waals surface area contributed by atoms with Gasteiger partial charge in [-0.15, -0.1) is 0 Å². The van der Waals surface area contributed by atoms with Crippen LogP contribution in [0.15, 0.2) is 52.3 Å². The van der Waals surface area contributed by atoms with E-state index in [-0.39, 0.29) is 34.0 Å². The lowest BCUT2D eigenvalue weighted by Crippen LogP contribution is -2.41. The summed E-state index contributed by atoms with van der Waals surface area (Å²) < 4.78 is 39.9. The molecule has 154 valence electrons. The number of anilines is 1. The standard InChI is InChI=1S/C22H25FN2O3S/c1-14-2-7-18(8-3-14)29(27,28)21-12-17(23)6-9-19(21)24-13-22(26)25-20-11-15-4-5-16(20)10-15/h2-3,6-9,12,15-16,20,24H,4-5,10-11,13H2,1H3,(H,25,26). The lowest BCUT2D eigenvalue weighted by Gasteiger charge is -2.23. The zero-order chi connectivity index (χ0) is 20.6. The Hall–Kier alpha value is -2.41. The first-order valence-electron chi connectivity index (χ1n) is 9.97. The minimum absolute atomic E-state index is 0.0596. The third-order valence-electron chi connectivity index (χ3n) is 6.09. The topological polar surface area (TPSA) is 75.3 Å². The maximum absolute atomic E-state index is 13.8. The molecule has 2 saturated carbocycles. The van der Waals surface area contributed by atoms with E-state index >= 15 is 0 Å². The molecule has 29 heavy (non-hydrogen) atoms. The number of hydrogen-bond donors (Lipinski definition) is 2. The van der Waals surface area contributed by atoms with Crippen molar-refractivity contribution in [1.82, 2.24) is 5.32 Å². The van der Waals surface area contributed by atoms with Crippen molar-refractivity contribution in [1.29, 1.82) is 0 Å². The molecule has 2 aromatic carbocycles. The van der Waals surface area contributed by atoms with Gasteiger partial charge >= 0.3 is 0 Å². The monoisotopic (exact) mass is 416 g/mol. The lowest BCUT2D eigenvalue weighted by molar-refractivity contribution is -0.120. The van der Waals surface area contributed by atoms with Crippen LogP contribution in [0.4, 0.5) is 10.1 Å². The third kappa shape index (κ3) is 4.15. The highest BCUT2D eigenvalue weighted by Gasteiger charge is 2.40. The Morgan fingerprint density at radius 1 is 1.10 bits per heavy atom. The second kappa shape index (κ2) is 7.78. The van der Waals surface area contributed by atoms with E-state index in [9.17, 15) is 17.6 Å². The first kappa shape index (κ1) is 19.9. The minimum Gasteiger partial charge on any atom is -0.375 e. The van der Waals surface area contributed by atoms with Crippen LogP contribution < -0.4 is 10.6 Å². The molecule has 2 bridgehead atoms. The molecule has 3 atom stereocenters. The van der Waals surface area contributed by atoms with Crippen LogP contribution in [0.3, 0.4) is 0 Å². The molecule has 5 nitrogen and oxygen atoms in total. The molecular formula is C22H25FN2O3S. The van der Waals surface area contributed by atoms with Gasteiger partial charge in [0.05, 0.1) is 22.0 Å². The summed E-state index contributed by atoms with van der Waals surface area (Å²) in [6.45, 7) is 1.80. The van der Waals surface area contributed by atoms with Crippen molar-refractivity contribution >= 4 is 21.4 Å². The highest BCUT2D eigenvalue weighted by Crippen LogP contribution is 2.44. The van der Waals surface area contributed by atoms with Crippen LogP contribution >= 0.6 is 0 Å². The molecule has 1 amide bonds. The second-order valence-corrected chi connectivity index (χ2v) is 10.1. The molecule has 2 aliphatic rings. The predicted octanol–water partition coefficient (Wildman–Crippen LogP) is 3.68. The smallest absolute Gasteiger partial charge is 0.239 e. The van der Waals surface area contributed by atoms with Crippen molar-refractivity contribution in [2.75, 3.05) is 11.9 Å². The first-order valence-corrected chi connectivity index (χ1v) is 11.5. The van der Waals surface area contributed by atoms with E-state index in [2.05, 4.69) is 10.6 Å². The van der Waals surface area contributed by atoms with E-state index in [1.165, 1.54) is 43.5 Å². The summed E-state index contributed by atoms with van der Waals surface area (Å²) in [5.74, 6) is 0.465. The molecule has 2 aromatic rings. The van der Waals surface area contributed by atoms with Gasteiger partial charge in [0, 0.05) is 6.04 Å². The molecule has 3 unspecified atom stereocenters. The maximum atomic E-state index is 13.8. The fourth-order valence-corrected chi connectivity index (χ4v) is 6.01. The van der Waals surface area contributed by atoms with Crippen molar-refractivity contribution < 1.29 is 17.6 Å². The Kier molecular flexibility index (Phi) is 5.34. The minimum atomic E-state index is -3.92. The van der Waals surface area contributed by atoms with E-state index < -0.39 is 15.7 Å². The highest BCUT2D eigenvalue weighted by molar-refractivity contribution is 7.91. The number of aryl methyl sites for hydroxylation is 1. The molecule has 0 spiro atoms. The van der Waals surface area contributed by atoms with Gasteiger partial charge in [0.25, 0.3) is 0 Å². The van der Waals surface area contributed by atoms with Crippen molar-refractivity contribution in [3.8, 4) is 0 Å². The lowest BCUT2D eigenvalue weighted by atomic mass is 9.95. The number of rotatable bonds is 6. The van der Waals surface area contributed by atoms with Crippen LogP contribution in [0.1, 0.15) is 31.2 Å². The van der Waals surface area contributed by atoms with Crippen LogP contribution in [0.2, 0.25) is 0 Å². The van der Waals surface area contributed by atoms with Gasteiger partial charge in [-0.3, -0.25) is 4.79 Å². The van der Waals surface area contributed by atoms with Crippen LogP contribution in [0.5, 0.6) is 0 Å². The van der Waals surface area contributed by atoms with Crippen molar-refractivity contribution in [2.24, 2.45) is 11.8 Å². The van der Waals surface area contributed by atoms with Crippen molar-refractivity contribution in [3.63, 3.8) is 0 Å². The number of benzene rings is 2. The zero-order valence-electron chi connectivity index (χ0n) is 16.3. The highest BCUT2D eigenvalue weighted by atomic mass is 32.2. The molecule has 0 aliphatic heterocycles. The quantitative estimate of drug-likeness (QED) is 0.753. The van der Waals surface area contributed by atoms with E-state index in [1.807, 2.05) is 6.92 Å². The van der Waals surface area contributed by atoms with Crippen LogP contribution in [0, 0.1) is 24.6 Å². The number of carbonyl (C=O) groups is 1. The molecule has 2 aliphatic carbocycles. The predicted molar refractivity (Wildman–Crippen MR) is 109 cm³/mol. The Morgan fingerprint density at radius 3 is 2.52 bits per heavy atom. The molecule has 2 fully saturated rings. The summed E-state index contributed by atoms with van der Waals surface area (Å²) in [6.07, 6.45) is 4.64. The van der Waals surface area contributed by atoms with Gasteiger partial charge in [-0.1, -0.05) is 24.1 Å². The van der Waals surface area contributed by atoms with E-state index in [0.717, 1.165) is 24.0 Å². The molecule has 2 N–H and O–H groups in total. The summed E-state index contributed by atoms with van der Waals surface area (Å²) in [5.41, 5.74) is 1.15. The number of fused-ring (bicyclic) bond motifs is 2. The van der Waals surface area contributed by atoms with Crippen molar-refractivity contribution in [2.45, 2.75) is 48.4 Å². The number of halogens is 1. The summed E-state index contributed by atoms with van der Waals surface area (Å²) in [4.78, 5) is 12.3. The number of sulfone groups is 1. The van der Waals surface area contributed by atoms with Gasteiger partial charge in [-0.2, -0.15) is 0 Å². The van der Waals surface area contributed by atoms with Crippen LogP contribution in [-0.2, 0) is 14.6 Å². The molecule has 7 heteroatoms. The van der Waals surface area contributed by atoms with E-state index in [0.29, 0.717) is 5.92 Å². The number of hydrogen-bond acceptors (Lipinski definition) is 4. The molecule has 0 radical (unpaired) electrons. The summed E-state index contributed by atoms with van der Waals surface area (Å²) >= 11 is 0. The SMILES string of the molecule is Cc1ccc(S(=O)(=O)c2cc(F)ccc2NCC(=O)NC2CC3CCC2C3)cc1. The Balaban J connectivity index is 1.49. The summed E-state index contributed by atoms with van der Waals surface area (Å²) in [7, 11) is -3.92. The average molecular weight is 417 g/mol. The van der Waals surface area contributed by atoms with Gasteiger partial charge in [-0.05, 0) is 68.4 Å². The normalized spacial score (nSPS) is 23.2. The fraction of sp³-hybridized carbons (Fsp3) is 0.409. The average Bonchev–Trinajstić information content (AvgIpc) is 3.30. The van der Waals surface area contributed by atoms with Gasteiger partial charge in [0.1, 0.15) is 5.82 Å². The number of amides is 1. The third-order valence-corrected chi connectivity index (χ3v) is 7.90. The van der Waals surface area contributed by atoms with Crippen LogP contribution in [0.25, 0.3) is 0 Å². The molecular weight excluding hydrogens is 391 g/mol. The molecule has 0 aromatic heterocycles.